The van der Waals surface area contributed by atoms with E-state index >= 15 is 0 Å². The molecule has 0 radical (unpaired) electrons. The molecule has 2 aromatic rings. The molecule has 0 aliphatic carbocycles. The van der Waals surface area contributed by atoms with Crippen LogP contribution in [0.1, 0.15) is 41.7 Å². The van der Waals surface area contributed by atoms with Crippen LogP contribution in [0.4, 0.5) is 5.69 Å². The van der Waals surface area contributed by atoms with Gasteiger partial charge in [-0.25, -0.2) is 0 Å². The second-order valence-electron chi connectivity index (χ2n) is 7.10. The minimum Gasteiger partial charge on any atom is -0.399 e. The third kappa shape index (κ3) is 4.07. The van der Waals surface area contributed by atoms with Gasteiger partial charge in [-0.15, -0.1) is 0 Å². The average molecular weight is 351 g/mol. The van der Waals surface area contributed by atoms with E-state index in [0.717, 1.165) is 41.0 Å². The summed E-state index contributed by atoms with van der Waals surface area (Å²) in [5.41, 5.74) is 22.5. The van der Waals surface area contributed by atoms with Crippen LogP contribution in [0.2, 0.25) is 0 Å². The molecule has 0 spiro atoms. The van der Waals surface area contributed by atoms with Gasteiger partial charge in [0.25, 0.3) is 0 Å². The molecule has 2 aromatic carbocycles. The van der Waals surface area contributed by atoms with Gasteiger partial charge in [-0.1, -0.05) is 43.0 Å². The zero-order valence-corrected chi connectivity index (χ0v) is 15.4. The van der Waals surface area contributed by atoms with E-state index in [1.54, 1.807) is 0 Å². The summed E-state index contributed by atoms with van der Waals surface area (Å²) in [5.74, 6) is 0. The quantitative estimate of drug-likeness (QED) is 0.474. The van der Waals surface area contributed by atoms with Crippen molar-refractivity contribution in [1.29, 1.82) is 0 Å². The van der Waals surface area contributed by atoms with E-state index in [0.29, 0.717) is 6.04 Å². The van der Waals surface area contributed by atoms with Gasteiger partial charge in [-0.3, -0.25) is 4.90 Å². The molecule has 5 nitrogen and oxygen atoms in total. The number of likely N-dealkylation sites (N-methyl/N-ethyl adjacent to an activating group) is 1. The fourth-order valence-corrected chi connectivity index (χ4v) is 3.64. The van der Waals surface area contributed by atoms with Crippen molar-refractivity contribution in [3.05, 3.63) is 77.5 Å². The Hall–Kier alpha value is -2.34. The van der Waals surface area contributed by atoms with Crippen LogP contribution in [0.3, 0.4) is 0 Å². The van der Waals surface area contributed by atoms with Crippen molar-refractivity contribution in [3.8, 4) is 0 Å². The van der Waals surface area contributed by atoms with Crippen LogP contribution < -0.4 is 22.5 Å². The monoisotopic (exact) mass is 351 g/mol. The fraction of sp³-hybridized carbons (Fsp3) is 0.333. The average Bonchev–Trinajstić information content (AvgIpc) is 3.05. The van der Waals surface area contributed by atoms with Crippen LogP contribution in [0, 0.1) is 0 Å². The molecule has 1 unspecified atom stereocenters. The molecule has 1 saturated heterocycles. The highest BCUT2D eigenvalue weighted by Gasteiger charge is 2.26. The summed E-state index contributed by atoms with van der Waals surface area (Å²) in [6.45, 7) is 5.43. The van der Waals surface area contributed by atoms with Crippen LogP contribution >= 0.6 is 0 Å². The number of hydrogen-bond donors (Lipinski definition) is 4. The van der Waals surface area contributed by atoms with Crippen LogP contribution in [-0.2, 0) is 0 Å². The van der Waals surface area contributed by atoms with Gasteiger partial charge in [0.1, 0.15) is 0 Å². The molecular formula is C21H29N5. The van der Waals surface area contributed by atoms with Crippen LogP contribution in [0.5, 0.6) is 0 Å². The topological polar surface area (TPSA) is 93.3 Å². The van der Waals surface area contributed by atoms with Gasteiger partial charge < -0.3 is 22.5 Å². The highest BCUT2D eigenvalue weighted by atomic mass is 15.2. The van der Waals surface area contributed by atoms with Crippen molar-refractivity contribution in [2.45, 2.75) is 31.1 Å². The summed E-state index contributed by atoms with van der Waals surface area (Å²) in [6.07, 6.45) is 1.87. The number of hydrogen-bond acceptors (Lipinski definition) is 5. The van der Waals surface area contributed by atoms with E-state index < -0.39 is 6.17 Å². The van der Waals surface area contributed by atoms with Gasteiger partial charge in [-0.2, -0.15) is 0 Å². The highest BCUT2D eigenvalue weighted by Crippen LogP contribution is 2.28. The molecule has 26 heavy (non-hydrogen) atoms. The molecule has 1 aliphatic rings. The Labute approximate surface area is 155 Å². The number of likely N-dealkylation sites (tertiary alicyclic amines) is 1. The molecular weight excluding hydrogens is 322 g/mol. The van der Waals surface area contributed by atoms with Crippen molar-refractivity contribution in [3.63, 3.8) is 0 Å². The third-order valence-corrected chi connectivity index (χ3v) is 5.15. The van der Waals surface area contributed by atoms with Gasteiger partial charge >= 0.3 is 0 Å². The highest BCUT2D eigenvalue weighted by molar-refractivity contribution is 5.45. The van der Waals surface area contributed by atoms with Crippen molar-refractivity contribution >= 4 is 5.69 Å². The zero-order valence-electron chi connectivity index (χ0n) is 15.4. The fourth-order valence-electron chi connectivity index (χ4n) is 3.64. The van der Waals surface area contributed by atoms with Crippen molar-refractivity contribution in [2.75, 3.05) is 19.3 Å². The molecule has 7 N–H and O–H groups in total. The molecule has 0 bridgehead atoms. The number of nitrogens with one attached hydrogen (secondary N) is 1. The van der Waals surface area contributed by atoms with E-state index in [4.69, 9.17) is 17.2 Å². The summed E-state index contributed by atoms with van der Waals surface area (Å²) in [4.78, 5) is 2.35. The maximum absolute atomic E-state index is 6.02. The first-order valence-electron chi connectivity index (χ1n) is 9.07. The van der Waals surface area contributed by atoms with E-state index in [1.807, 2.05) is 30.3 Å². The lowest BCUT2D eigenvalue weighted by Crippen LogP contribution is -2.35. The molecule has 0 aromatic heterocycles. The molecule has 2 atom stereocenters. The maximum Gasteiger partial charge on any atom is 0.0784 e. The number of nitrogen functional groups attached to an aromatic ring is 1. The summed E-state index contributed by atoms with van der Waals surface area (Å²) >= 11 is 0. The van der Waals surface area contributed by atoms with Gasteiger partial charge in [0.2, 0.25) is 0 Å². The normalized spacial score (nSPS) is 18.8. The van der Waals surface area contributed by atoms with Gasteiger partial charge in [0, 0.05) is 17.4 Å². The molecule has 3 rings (SSSR count). The maximum atomic E-state index is 6.02. The Morgan fingerprint density at radius 2 is 1.81 bits per heavy atom. The predicted octanol–water partition coefficient (Wildman–Crippen LogP) is 2.47. The number of benzene rings is 2. The Bertz CT molecular complexity index is 753. The van der Waals surface area contributed by atoms with E-state index in [2.05, 4.69) is 42.0 Å². The molecule has 138 valence electrons. The Morgan fingerprint density at radius 3 is 2.38 bits per heavy atom. The summed E-state index contributed by atoms with van der Waals surface area (Å²) in [7, 11) is 2.15. The largest absolute Gasteiger partial charge is 0.399 e. The first-order chi connectivity index (χ1) is 12.5. The number of nitrogens with two attached hydrogens (primary N) is 3. The van der Waals surface area contributed by atoms with Gasteiger partial charge in [0.15, 0.2) is 0 Å². The minimum atomic E-state index is -0.468. The van der Waals surface area contributed by atoms with E-state index in [9.17, 15) is 0 Å². The first kappa shape index (κ1) is 18.5. The number of anilines is 1. The van der Waals surface area contributed by atoms with Gasteiger partial charge in [0.05, 0.1) is 12.2 Å². The summed E-state index contributed by atoms with van der Waals surface area (Å²) < 4.78 is 0. The first-order valence-corrected chi connectivity index (χ1v) is 9.07. The second kappa shape index (κ2) is 7.91. The smallest absolute Gasteiger partial charge is 0.0784 e. The van der Waals surface area contributed by atoms with Crippen molar-refractivity contribution < 1.29 is 0 Å². The standard InChI is InChI=1S/C21H29N5/c1-14(19-7-4-12-26(19)2)25-20(17-5-3-6-18(22)13-17)15-8-10-16(11-9-15)21(23)24/h3,5-6,8-11,13,19-21,25H,1,4,7,12,22-24H2,2H3/t19?,20-/m1/s1. The Kier molecular flexibility index (Phi) is 5.61. The summed E-state index contributed by atoms with van der Waals surface area (Å²) in [6, 6.07) is 16.4. The molecule has 1 heterocycles. The second-order valence-corrected chi connectivity index (χ2v) is 7.10. The van der Waals surface area contributed by atoms with E-state index in [1.165, 1.54) is 6.42 Å². The third-order valence-electron chi connectivity index (χ3n) is 5.15. The molecule has 1 aliphatic heterocycles. The Morgan fingerprint density at radius 1 is 1.12 bits per heavy atom. The lowest BCUT2D eigenvalue weighted by atomic mass is 9.96. The SMILES string of the molecule is C=C(N[C@H](c1ccc(C(N)N)cc1)c1cccc(N)c1)C1CCCN1C. The van der Waals surface area contributed by atoms with Crippen molar-refractivity contribution in [1.82, 2.24) is 10.2 Å². The molecule has 1 fully saturated rings. The van der Waals surface area contributed by atoms with Gasteiger partial charge in [-0.05, 0) is 55.3 Å². The van der Waals surface area contributed by atoms with Crippen LogP contribution in [0.25, 0.3) is 0 Å². The molecule has 0 saturated carbocycles. The minimum absolute atomic E-state index is 0.0250. The lowest BCUT2D eigenvalue weighted by Gasteiger charge is -2.28. The predicted molar refractivity (Wildman–Crippen MR) is 108 cm³/mol. The number of rotatable bonds is 6. The molecule has 0 amide bonds. The van der Waals surface area contributed by atoms with Crippen molar-refractivity contribution in [2.24, 2.45) is 11.5 Å². The summed E-state index contributed by atoms with van der Waals surface area (Å²) in [5, 5.41) is 3.64. The number of nitrogens with zero attached hydrogens (tertiary/aromatic N) is 1. The van der Waals surface area contributed by atoms with Crippen LogP contribution in [0.15, 0.2) is 60.8 Å². The molecule has 5 heteroatoms. The zero-order chi connectivity index (χ0) is 18.7. The van der Waals surface area contributed by atoms with E-state index in [-0.39, 0.29) is 6.04 Å². The van der Waals surface area contributed by atoms with Crippen LogP contribution in [-0.4, -0.2) is 24.5 Å². The lowest BCUT2D eigenvalue weighted by molar-refractivity contribution is 0.331. The Balaban J connectivity index is 1.90.